The summed E-state index contributed by atoms with van der Waals surface area (Å²) in [7, 11) is 0. The molecule has 9 heteroatoms. The first-order valence-corrected chi connectivity index (χ1v) is 6.72. The highest BCUT2D eigenvalue weighted by molar-refractivity contribution is 14.1. The Morgan fingerprint density at radius 3 is 2.95 bits per heavy atom. The molecule has 2 aromatic rings. The molecule has 4 N–H and O–H groups in total. The van der Waals surface area contributed by atoms with Crippen molar-refractivity contribution in [3.8, 4) is 0 Å². The summed E-state index contributed by atoms with van der Waals surface area (Å²) in [4.78, 5) is 18.5. The molecule has 2 aromatic heterocycles. The monoisotopic (exact) mass is 376 g/mol. The molecule has 0 aliphatic heterocycles. The number of amides is 1. The number of anilines is 1. The van der Waals surface area contributed by atoms with Crippen LogP contribution >= 0.6 is 22.6 Å². The lowest BCUT2D eigenvalue weighted by Crippen LogP contribution is -2.14. The number of primary amides is 1. The maximum absolute atomic E-state index is 10.4. The number of hydrogen-bond donors (Lipinski definition) is 2. The number of carbonyl (C=O) groups excluding carboxylic acids is 1. The van der Waals surface area contributed by atoms with Gasteiger partial charge in [-0.05, 0) is 35.4 Å². The minimum atomic E-state index is -0.750. The van der Waals surface area contributed by atoms with Gasteiger partial charge in [0, 0.05) is 6.54 Å². The first-order chi connectivity index (χ1) is 9.09. The molecule has 0 fully saturated rings. The molecule has 0 saturated heterocycles. The highest BCUT2D eigenvalue weighted by Crippen LogP contribution is 2.22. The number of rotatable bonds is 5. The zero-order valence-corrected chi connectivity index (χ0v) is 12.2. The number of hydrogen-bond acceptors (Lipinski definition) is 6. The van der Waals surface area contributed by atoms with Crippen LogP contribution in [-0.4, -0.2) is 32.4 Å². The smallest absolute Gasteiger partial charge is 0.404 e. The summed E-state index contributed by atoms with van der Waals surface area (Å²) in [6.45, 7) is 0.973. The molecule has 8 nitrogen and oxygen atoms in total. The fourth-order valence-electron chi connectivity index (χ4n) is 1.68. The van der Waals surface area contributed by atoms with E-state index in [1.807, 2.05) is 0 Å². The van der Waals surface area contributed by atoms with Gasteiger partial charge in [0.2, 0.25) is 0 Å². The number of nitrogen functional groups attached to an aromatic ring is 1. The largest absolute Gasteiger partial charge is 0.450 e. The van der Waals surface area contributed by atoms with E-state index in [1.165, 1.54) is 6.33 Å². The predicted octanol–water partition coefficient (Wildman–Crippen LogP) is 0.889. The highest BCUT2D eigenvalue weighted by atomic mass is 127. The number of fused-ring (bicyclic) bond motifs is 1. The zero-order valence-electron chi connectivity index (χ0n) is 10.0. The third-order valence-corrected chi connectivity index (χ3v) is 3.28. The van der Waals surface area contributed by atoms with Crippen molar-refractivity contribution in [1.82, 2.24) is 19.7 Å². The van der Waals surface area contributed by atoms with Crippen molar-refractivity contribution < 1.29 is 9.53 Å². The van der Waals surface area contributed by atoms with Crippen LogP contribution in [0.2, 0.25) is 0 Å². The van der Waals surface area contributed by atoms with Gasteiger partial charge in [0.05, 0.1) is 12.0 Å². The van der Waals surface area contributed by atoms with Gasteiger partial charge in [-0.1, -0.05) is 0 Å². The van der Waals surface area contributed by atoms with E-state index in [1.54, 1.807) is 4.68 Å². The van der Waals surface area contributed by atoms with E-state index in [-0.39, 0.29) is 0 Å². The number of unbranched alkanes of at least 4 members (excludes halogenated alkanes) is 1. The molecule has 0 spiro atoms. The van der Waals surface area contributed by atoms with Crippen molar-refractivity contribution in [1.29, 1.82) is 0 Å². The Morgan fingerprint density at radius 1 is 1.42 bits per heavy atom. The van der Waals surface area contributed by atoms with Crippen LogP contribution < -0.4 is 11.5 Å². The van der Waals surface area contributed by atoms with Crippen molar-refractivity contribution in [2.24, 2.45) is 5.73 Å². The van der Waals surface area contributed by atoms with E-state index in [0.29, 0.717) is 31.0 Å². The van der Waals surface area contributed by atoms with Crippen LogP contribution in [0.5, 0.6) is 0 Å². The van der Waals surface area contributed by atoms with Crippen molar-refractivity contribution in [2.75, 3.05) is 12.3 Å². The average molecular weight is 376 g/mol. The molecule has 1 amide bonds. The lowest BCUT2D eigenvalue weighted by molar-refractivity contribution is 0.154. The number of nitrogens with zero attached hydrogens (tertiary/aromatic N) is 4. The third-order valence-electron chi connectivity index (χ3n) is 2.52. The summed E-state index contributed by atoms with van der Waals surface area (Å²) in [6, 6.07) is 0. The van der Waals surface area contributed by atoms with Crippen molar-refractivity contribution in [3.05, 3.63) is 10.0 Å². The Hall–Kier alpha value is -1.65. The van der Waals surface area contributed by atoms with Gasteiger partial charge in [0.15, 0.2) is 5.65 Å². The Morgan fingerprint density at radius 2 is 2.21 bits per heavy atom. The SMILES string of the molecule is NC(=O)OCCCCn1nc(I)c2c(N)ncnc21. The van der Waals surface area contributed by atoms with Gasteiger partial charge in [-0.3, -0.25) is 0 Å². The molecule has 2 rings (SSSR count). The molecule has 0 aromatic carbocycles. The van der Waals surface area contributed by atoms with Gasteiger partial charge >= 0.3 is 6.09 Å². The van der Waals surface area contributed by atoms with Gasteiger partial charge in [-0.2, -0.15) is 5.10 Å². The van der Waals surface area contributed by atoms with E-state index < -0.39 is 6.09 Å². The number of halogens is 1. The lowest BCUT2D eigenvalue weighted by Gasteiger charge is -2.03. The molecule has 0 saturated carbocycles. The summed E-state index contributed by atoms with van der Waals surface area (Å²) in [6.07, 6.45) is 2.17. The van der Waals surface area contributed by atoms with Crippen LogP contribution in [-0.2, 0) is 11.3 Å². The summed E-state index contributed by atoms with van der Waals surface area (Å²) >= 11 is 2.10. The number of aryl methyl sites for hydroxylation is 1. The molecule has 102 valence electrons. The number of carbonyl (C=O) groups is 1. The second-order valence-corrected chi connectivity index (χ2v) is 4.87. The maximum atomic E-state index is 10.4. The summed E-state index contributed by atoms with van der Waals surface area (Å²) in [5.74, 6) is 0.428. The van der Waals surface area contributed by atoms with Gasteiger partial charge in [0.1, 0.15) is 15.8 Å². The van der Waals surface area contributed by atoms with Crippen LogP contribution in [0.15, 0.2) is 6.33 Å². The molecular weight excluding hydrogens is 363 g/mol. The average Bonchev–Trinajstić information content (AvgIpc) is 2.67. The molecule has 2 heterocycles. The van der Waals surface area contributed by atoms with Gasteiger partial charge in [-0.25, -0.2) is 19.4 Å². The fourth-order valence-corrected chi connectivity index (χ4v) is 2.46. The predicted molar refractivity (Wildman–Crippen MR) is 77.2 cm³/mol. The summed E-state index contributed by atoms with van der Waals surface area (Å²) < 4.78 is 7.21. The number of nitrogens with two attached hydrogens (primary N) is 2. The molecule has 0 unspecified atom stereocenters. The third kappa shape index (κ3) is 3.22. The van der Waals surface area contributed by atoms with Crippen LogP contribution in [0.1, 0.15) is 12.8 Å². The van der Waals surface area contributed by atoms with Gasteiger partial charge in [-0.15, -0.1) is 0 Å². The first-order valence-electron chi connectivity index (χ1n) is 5.64. The van der Waals surface area contributed by atoms with Crippen molar-refractivity contribution in [3.63, 3.8) is 0 Å². The van der Waals surface area contributed by atoms with E-state index in [2.05, 4.69) is 42.4 Å². The fraction of sp³-hybridized carbons (Fsp3) is 0.400. The molecule has 0 aliphatic carbocycles. The standard InChI is InChI=1S/C10H13IN6O2/c11-7-6-8(12)14-5-15-9(6)17(16-7)3-1-2-4-19-10(13)18/h5H,1-4H2,(H2,13,18)(H2,12,14,15). The molecule has 0 aliphatic rings. The van der Waals surface area contributed by atoms with Crippen molar-refractivity contribution >= 4 is 45.5 Å². The van der Waals surface area contributed by atoms with Gasteiger partial charge < -0.3 is 16.2 Å². The minimum absolute atomic E-state index is 0.308. The molecular formula is C10H13IN6O2. The normalized spacial score (nSPS) is 10.8. The quantitative estimate of drug-likeness (QED) is 0.590. The summed E-state index contributed by atoms with van der Waals surface area (Å²) in [5, 5.41) is 5.15. The topological polar surface area (TPSA) is 122 Å². The van der Waals surface area contributed by atoms with E-state index in [4.69, 9.17) is 11.5 Å². The highest BCUT2D eigenvalue weighted by Gasteiger charge is 2.12. The van der Waals surface area contributed by atoms with E-state index in [9.17, 15) is 4.79 Å². The van der Waals surface area contributed by atoms with E-state index in [0.717, 1.165) is 15.5 Å². The molecule has 0 atom stereocenters. The first kappa shape index (κ1) is 13.8. The molecule has 19 heavy (non-hydrogen) atoms. The molecule has 0 radical (unpaired) electrons. The maximum Gasteiger partial charge on any atom is 0.404 e. The van der Waals surface area contributed by atoms with Gasteiger partial charge in [0.25, 0.3) is 0 Å². The minimum Gasteiger partial charge on any atom is -0.450 e. The Bertz CT molecular complexity index is 599. The zero-order chi connectivity index (χ0) is 13.8. The lowest BCUT2D eigenvalue weighted by atomic mass is 10.3. The Labute approximate surface area is 122 Å². The Balaban J connectivity index is 2.01. The van der Waals surface area contributed by atoms with E-state index >= 15 is 0 Å². The molecule has 0 bridgehead atoms. The second-order valence-electron chi connectivity index (χ2n) is 3.85. The van der Waals surface area contributed by atoms with Crippen LogP contribution in [0, 0.1) is 3.70 Å². The van der Waals surface area contributed by atoms with Crippen LogP contribution in [0.25, 0.3) is 11.0 Å². The second kappa shape index (κ2) is 5.99. The number of aromatic nitrogens is 4. The van der Waals surface area contributed by atoms with Crippen LogP contribution in [0.3, 0.4) is 0 Å². The Kier molecular flexibility index (Phi) is 4.35. The van der Waals surface area contributed by atoms with Crippen molar-refractivity contribution in [2.45, 2.75) is 19.4 Å². The summed E-state index contributed by atoms with van der Waals surface area (Å²) in [5.41, 5.74) is 11.4. The number of ether oxygens (including phenoxy) is 1. The van der Waals surface area contributed by atoms with Crippen LogP contribution in [0.4, 0.5) is 10.6 Å².